The second-order valence-electron chi connectivity index (χ2n) is 4.72. The Morgan fingerprint density at radius 2 is 1.14 bits per heavy atom. The molecule has 2 N–H and O–H groups in total. The fraction of sp³-hybridized carbons (Fsp3) is 0. The molecule has 3 rings (SSSR count). The van der Waals surface area contributed by atoms with E-state index >= 15 is 0 Å². The van der Waals surface area contributed by atoms with Crippen LogP contribution in [0.1, 0.15) is 0 Å². The van der Waals surface area contributed by atoms with Crippen LogP contribution in [0, 0.1) is 0 Å². The van der Waals surface area contributed by atoms with E-state index in [9.17, 15) is 9.79 Å². The van der Waals surface area contributed by atoms with Gasteiger partial charge in [0.2, 0.25) is 0 Å². The minimum absolute atomic E-state index is 0.581. The maximum Gasteiger partial charge on any atom is 0.200 e. The summed E-state index contributed by atoms with van der Waals surface area (Å²) >= 11 is 0. The fourth-order valence-corrected chi connectivity index (χ4v) is 3.14. The van der Waals surface area contributed by atoms with Gasteiger partial charge in [-0.25, -0.2) is 0 Å². The van der Waals surface area contributed by atoms with Crippen LogP contribution < -0.4 is 5.30 Å². The van der Waals surface area contributed by atoms with Gasteiger partial charge in [-0.05, 0) is 22.8 Å². The first-order chi connectivity index (χ1) is 10.3. The molecule has 0 amide bonds. The van der Waals surface area contributed by atoms with Crippen LogP contribution in [0.3, 0.4) is 0 Å². The van der Waals surface area contributed by atoms with Crippen LogP contribution in [0.4, 0.5) is 0 Å². The number of rotatable bonds is 3. The lowest BCUT2D eigenvalue weighted by atomic mass is 9.94. The molecule has 104 valence electrons. The average molecular weight is 294 g/mol. The van der Waals surface area contributed by atoms with Crippen molar-refractivity contribution in [1.29, 1.82) is 0 Å². The summed E-state index contributed by atoms with van der Waals surface area (Å²) in [6, 6.07) is 25.5. The lowest BCUT2D eigenvalue weighted by Crippen LogP contribution is -2.06. The normalized spacial score (nSPS) is 10.8. The van der Waals surface area contributed by atoms with Crippen LogP contribution in [0.2, 0.25) is 0 Å². The standard InChI is InChI=1S/C18H15O2P/c19-21(20)17-13-7-12-16(14-8-3-1-4-9-14)18(17)15-10-5-2-6-11-15/h1-13,19-20H. The molecule has 3 aromatic rings. The summed E-state index contributed by atoms with van der Waals surface area (Å²) in [6.07, 6.45) is 0. The van der Waals surface area contributed by atoms with Gasteiger partial charge in [0.15, 0.2) is 8.38 Å². The van der Waals surface area contributed by atoms with E-state index in [-0.39, 0.29) is 0 Å². The van der Waals surface area contributed by atoms with Gasteiger partial charge in [-0.15, -0.1) is 0 Å². The zero-order valence-electron chi connectivity index (χ0n) is 11.3. The van der Waals surface area contributed by atoms with E-state index < -0.39 is 8.38 Å². The molecule has 0 atom stereocenters. The Balaban J connectivity index is 2.28. The molecule has 0 aromatic heterocycles. The summed E-state index contributed by atoms with van der Waals surface area (Å²) < 4.78 is 0. The molecular formula is C18H15O2P. The maximum absolute atomic E-state index is 9.76. The Morgan fingerprint density at radius 3 is 1.71 bits per heavy atom. The Hall–Kier alpha value is -1.99. The summed E-state index contributed by atoms with van der Waals surface area (Å²) in [7, 11) is -2.15. The van der Waals surface area contributed by atoms with E-state index in [1.165, 1.54) is 0 Å². The molecule has 21 heavy (non-hydrogen) atoms. The first-order valence-corrected chi connectivity index (χ1v) is 7.94. The Morgan fingerprint density at radius 1 is 0.571 bits per heavy atom. The SMILES string of the molecule is OP(O)c1cccc(-c2ccccc2)c1-c1ccccc1. The molecule has 0 fully saturated rings. The van der Waals surface area contributed by atoms with Crippen molar-refractivity contribution in [2.45, 2.75) is 0 Å². The second kappa shape index (κ2) is 6.19. The van der Waals surface area contributed by atoms with E-state index in [1.807, 2.05) is 72.8 Å². The molecule has 0 aliphatic rings. The minimum atomic E-state index is -2.15. The van der Waals surface area contributed by atoms with E-state index in [0.29, 0.717) is 5.30 Å². The quantitative estimate of drug-likeness (QED) is 0.718. The smallest absolute Gasteiger partial charge is 0.200 e. The number of benzene rings is 3. The van der Waals surface area contributed by atoms with Crippen LogP contribution in [-0.4, -0.2) is 9.79 Å². The number of hydrogen-bond donors (Lipinski definition) is 2. The summed E-state index contributed by atoms with van der Waals surface area (Å²) in [4.78, 5) is 19.5. The highest BCUT2D eigenvalue weighted by atomic mass is 31.2. The van der Waals surface area contributed by atoms with E-state index in [2.05, 4.69) is 0 Å². The van der Waals surface area contributed by atoms with Gasteiger partial charge in [-0.2, -0.15) is 0 Å². The van der Waals surface area contributed by atoms with Crippen LogP contribution in [0.25, 0.3) is 22.3 Å². The van der Waals surface area contributed by atoms with Crippen LogP contribution in [0.5, 0.6) is 0 Å². The molecule has 3 aromatic carbocycles. The van der Waals surface area contributed by atoms with Crippen molar-refractivity contribution in [3.63, 3.8) is 0 Å². The summed E-state index contributed by atoms with van der Waals surface area (Å²) in [6.45, 7) is 0. The van der Waals surface area contributed by atoms with E-state index in [0.717, 1.165) is 22.3 Å². The molecule has 0 saturated carbocycles. The molecule has 0 radical (unpaired) electrons. The van der Waals surface area contributed by atoms with Crippen molar-refractivity contribution in [1.82, 2.24) is 0 Å². The molecule has 3 heteroatoms. The third kappa shape index (κ3) is 2.88. The average Bonchev–Trinajstić information content (AvgIpc) is 2.55. The second-order valence-corrected chi connectivity index (χ2v) is 5.78. The molecule has 0 heterocycles. The third-order valence-electron chi connectivity index (χ3n) is 3.41. The monoisotopic (exact) mass is 294 g/mol. The van der Waals surface area contributed by atoms with Crippen molar-refractivity contribution in [3.05, 3.63) is 78.9 Å². The highest BCUT2D eigenvalue weighted by Crippen LogP contribution is 2.36. The third-order valence-corrected chi connectivity index (χ3v) is 4.21. The molecule has 0 aliphatic carbocycles. The van der Waals surface area contributed by atoms with Crippen LogP contribution in [0.15, 0.2) is 78.9 Å². The van der Waals surface area contributed by atoms with Crippen molar-refractivity contribution in [2.24, 2.45) is 0 Å². The van der Waals surface area contributed by atoms with Gasteiger partial charge < -0.3 is 9.79 Å². The highest BCUT2D eigenvalue weighted by molar-refractivity contribution is 7.54. The van der Waals surface area contributed by atoms with Gasteiger partial charge in [-0.1, -0.05) is 72.8 Å². The zero-order valence-corrected chi connectivity index (χ0v) is 12.2. The largest absolute Gasteiger partial charge is 0.347 e. The van der Waals surface area contributed by atoms with Crippen molar-refractivity contribution in [2.75, 3.05) is 0 Å². The van der Waals surface area contributed by atoms with E-state index in [4.69, 9.17) is 0 Å². The predicted molar refractivity (Wildman–Crippen MR) is 88.3 cm³/mol. The Kier molecular flexibility index (Phi) is 4.12. The van der Waals surface area contributed by atoms with Crippen molar-refractivity contribution in [3.8, 4) is 22.3 Å². The van der Waals surface area contributed by atoms with Gasteiger partial charge >= 0.3 is 0 Å². The van der Waals surface area contributed by atoms with Gasteiger partial charge in [0.25, 0.3) is 0 Å². The van der Waals surface area contributed by atoms with E-state index in [1.54, 1.807) is 6.07 Å². The molecule has 0 aliphatic heterocycles. The lowest BCUT2D eigenvalue weighted by molar-refractivity contribution is 0.497. The summed E-state index contributed by atoms with van der Waals surface area (Å²) in [5.74, 6) is 0. The molecule has 0 bridgehead atoms. The van der Waals surface area contributed by atoms with Gasteiger partial charge in [0.1, 0.15) is 0 Å². The van der Waals surface area contributed by atoms with Crippen LogP contribution in [-0.2, 0) is 0 Å². The molecule has 2 nitrogen and oxygen atoms in total. The van der Waals surface area contributed by atoms with Gasteiger partial charge in [0, 0.05) is 10.9 Å². The van der Waals surface area contributed by atoms with Gasteiger partial charge in [-0.3, -0.25) is 0 Å². The highest BCUT2D eigenvalue weighted by Gasteiger charge is 2.16. The molecular weight excluding hydrogens is 279 g/mol. The fourth-order valence-electron chi connectivity index (χ4n) is 2.47. The van der Waals surface area contributed by atoms with Crippen molar-refractivity contribution < 1.29 is 9.79 Å². The van der Waals surface area contributed by atoms with Crippen LogP contribution >= 0.6 is 8.38 Å². The Labute approximate surface area is 125 Å². The first kappa shape index (κ1) is 14.0. The minimum Gasteiger partial charge on any atom is -0.347 e. The topological polar surface area (TPSA) is 40.5 Å². The molecule has 0 saturated heterocycles. The molecule has 0 spiro atoms. The van der Waals surface area contributed by atoms with Gasteiger partial charge in [0.05, 0.1) is 0 Å². The lowest BCUT2D eigenvalue weighted by Gasteiger charge is -2.16. The molecule has 0 unspecified atom stereocenters. The van der Waals surface area contributed by atoms with Crippen molar-refractivity contribution >= 4 is 13.7 Å². The Bertz CT molecular complexity index is 725. The zero-order chi connectivity index (χ0) is 14.7. The first-order valence-electron chi connectivity index (χ1n) is 6.69. The maximum atomic E-state index is 9.76. The summed E-state index contributed by atoms with van der Waals surface area (Å²) in [5.41, 5.74) is 3.95. The predicted octanol–water partition coefficient (Wildman–Crippen LogP) is 3.94. The number of hydrogen-bond acceptors (Lipinski definition) is 2. The summed E-state index contributed by atoms with van der Waals surface area (Å²) in [5, 5.41) is 0.581.